The molecule has 1 aromatic carbocycles. The van der Waals surface area contributed by atoms with E-state index in [9.17, 15) is 4.79 Å². The average Bonchev–Trinajstić information content (AvgIpc) is 2.82. The lowest BCUT2D eigenvalue weighted by molar-refractivity contribution is 0.0384. The number of para-hydroxylation sites is 1. The molecule has 0 radical (unpaired) electrons. The van der Waals surface area contributed by atoms with Crippen LogP contribution in [0.25, 0.3) is 0 Å². The van der Waals surface area contributed by atoms with Crippen LogP contribution in [0, 0.1) is 0 Å². The third kappa shape index (κ3) is 1.75. The van der Waals surface area contributed by atoms with E-state index in [1.165, 1.54) is 0 Å². The highest BCUT2D eigenvalue weighted by Gasteiger charge is 2.25. The molecule has 0 amide bonds. The van der Waals surface area contributed by atoms with E-state index in [-0.39, 0.29) is 5.95 Å². The first-order valence-corrected chi connectivity index (χ1v) is 4.89. The smallest absolute Gasteiger partial charge is 0.343 e. The van der Waals surface area contributed by atoms with Gasteiger partial charge >= 0.3 is 5.97 Å². The third-order valence-corrected chi connectivity index (χ3v) is 2.26. The summed E-state index contributed by atoms with van der Waals surface area (Å²) in [7, 11) is 0. The Morgan fingerprint density at radius 2 is 2.24 bits per heavy atom. The molecular formula is C9H8N6O2. The van der Waals surface area contributed by atoms with Crippen molar-refractivity contribution >= 4 is 17.6 Å². The normalized spacial score (nSPS) is 17.9. The number of H-pyrrole nitrogens is 1. The summed E-state index contributed by atoms with van der Waals surface area (Å²) in [4.78, 5) is 11.7. The lowest BCUT2D eigenvalue weighted by Gasteiger charge is -2.26. The molecule has 1 aromatic heterocycles. The van der Waals surface area contributed by atoms with Gasteiger partial charge in [0.2, 0.25) is 0 Å². The summed E-state index contributed by atoms with van der Waals surface area (Å²) in [5.41, 5.74) is 1.20. The Morgan fingerprint density at radius 3 is 3.06 bits per heavy atom. The van der Waals surface area contributed by atoms with Gasteiger partial charge in [-0.3, -0.25) is 5.32 Å². The second-order valence-corrected chi connectivity index (χ2v) is 3.36. The van der Waals surface area contributed by atoms with Crippen molar-refractivity contribution in [3.05, 3.63) is 29.8 Å². The molecule has 0 fully saturated rings. The molecule has 0 spiro atoms. The Hall–Kier alpha value is -2.64. The number of fused-ring (bicyclic) bond motifs is 1. The number of carbonyl (C=O) groups excluding carboxylic acids is 1. The largest absolute Gasteiger partial charge is 0.419 e. The van der Waals surface area contributed by atoms with Crippen molar-refractivity contribution in [2.45, 2.75) is 6.35 Å². The predicted octanol–water partition coefficient (Wildman–Crippen LogP) is 0.178. The van der Waals surface area contributed by atoms with Gasteiger partial charge < -0.3 is 10.1 Å². The maximum absolute atomic E-state index is 11.7. The standard InChI is InChI=1S/C9H8N6O2/c16-7-5-3-1-2-4-6(5)10-9(17-7)11-8-12-14-15-13-8/h1-4,9-10H,(H2,11,12,13,14,15). The van der Waals surface area contributed by atoms with Crippen molar-refractivity contribution in [1.29, 1.82) is 0 Å². The zero-order valence-electron chi connectivity index (χ0n) is 8.54. The van der Waals surface area contributed by atoms with E-state index < -0.39 is 12.3 Å². The van der Waals surface area contributed by atoms with Crippen LogP contribution in [0.4, 0.5) is 11.6 Å². The molecule has 0 saturated heterocycles. The van der Waals surface area contributed by atoms with E-state index >= 15 is 0 Å². The minimum atomic E-state index is -0.713. The highest BCUT2D eigenvalue weighted by Crippen LogP contribution is 2.22. The molecule has 2 aromatic rings. The van der Waals surface area contributed by atoms with Crippen LogP contribution >= 0.6 is 0 Å². The van der Waals surface area contributed by atoms with Crippen LogP contribution in [-0.4, -0.2) is 32.9 Å². The molecule has 8 nitrogen and oxygen atoms in total. The van der Waals surface area contributed by atoms with Crippen molar-refractivity contribution in [1.82, 2.24) is 20.6 Å². The number of rotatable bonds is 2. The summed E-state index contributed by atoms with van der Waals surface area (Å²) in [6.45, 7) is 0. The Morgan fingerprint density at radius 1 is 1.35 bits per heavy atom. The number of ether oxygens (including phenoxy) is 1. The summed E-state index contributed by atoms with van der Waals surface area (Å²) in [6.07, 6.45) is -0.713. The molecule has 0 aliphatic carbocycles. The number of aromatic amines is 1. The van der Waals surface area contributed by atoms with Gasteiger partial charge in [-0.15, -0.1) is 5.10 Å². The number of esters is 1. The molecule has 3 rings (SSSR count). The first kappa shape index (κ1) is 9.58. The third-order valence-electron chi connectivity index (χ3n) is 2.26. The van der Waals surface area contributed by atoms with Crippen molar-refractivity contribution in [3.63, 3.8) is 0 Å². The monoisotopic (exact) mass is 232 g/mol. The molecule has 86 valence electrons. The summed E-state index contributed by atoms with van der Waals surface area (Å²) in [5.74, 6) is -0.157. The minimum Gasteiger partial charge on any atom is -0.419 e. The van der Waals surface area contributed by atoms with Crippen LogP contribution in [0.5, 0.6) is 0 Å². The molecule has 1 aliphatic rings. The van der Waals surface area contributed by atoms with E-state index in [0.29, 0.717) is 11.3 Å². The number of hydrogen-bond donors (Lipinski definition) is 3. The van der Waals surface area contributed by atoms with Crippen molar-refractivity contribution in [2.75, 3.05) is 10.6 Å². The van der Waals surface area contributed by atoms with Gasteiger partial charge in [-0.25, -0.2) is 4.79 Å². The van der Waals surface area contributed by atoms with Gasteiger partial charge in [0.25, 0.3) is 12.3 Å². The first-order valence-electron chi connectivity index (χ1n) is 4.89. The lowest BCUT2D eigenvalue weighted by atomic mass is 10.1. The minimum absolute atomic E-state index is 0.245. The number of benzene rings is 1. The first-order chi connectivity index (χ1) is 8.33. The van der Waals surface area contributed by atoms with E-state index in [1.807, 2.05) is 6.07 Å². The number of cyclic esters (lactones) is 1. The van der Waals surface area contributed by atoms with Gasteiger partial charge in [-0.1, -0.05) is 17.2 Å². The maximum Gasteiger partial charge on any atom is 0.343 e. The van der Waals surface area contributed by atoms with Crippen molar-refractivity contribution < 1.29 is 9.53 Å². The second kappa shape index (κ2) is 3.74. The molecule has 3 N–H and O–H groups in total. The molecule has 0 bridgehead atoms. The highest BCUT2D eigenvalue weighted by molar-refractivity contribution is 5.97. The molecule has 17 heavy (non-hydrogen) atoms. The van der Waals surface area contributed by atoms with E-state index in [0.717, 1.165) is 0 Å². The fourth-order valence-electron chi connectivity index (χ4n) is 1.53. The second-order valence-electron chi connectivity index (χ2n) is 3.36. The predicted molar refractivity (Wildman–Crippen MR) is 57.1 cm³/mol. The van der Waals surface area contributed by atoms with Crippen LogP contribution in [0.15, 0.2) is 24.3 Å². The van der Waals surface area contributed by atoms with Gasteiger partial charge in [0.05, 0.1) is 11.3 Å². The number of anilines is 2. The molecule has 1 unspecified atom stereocenters. The quantitative estimate of drug-likeness (QED) is 0.634. The Balaban J connectivity index is 1.82. The molecule has 0 saturated carbocycles. The van der Waals surface area contributed by atoms with Gasteiger partial charge in [0, 0.05) is 0 Å². The number of nitrogens with zero attached hydrogens (tertiary/aromatic N) is 3. The van der Waals surface area contributed by atoms with Gasteiger partial charge in [-0.2, -0.15) is 5.21 Å². The van der Waals surface area contributed by atoms with E-state index in [4.69, 9.17) is 4.74 Å². The average molecular weight is 232 g/mol. The number of aromatic nitrogens is 4. The number of hydrogen-bond acceptors (Lipinski definition) is 7. The number of carbonyl (C=O) groups is 1. The molecule has 1 aliphatic heterocycles. The van der Waals surface area contributed by atoms with Gasteiger partial charge in [0.15, 0.2) is 0 Å². The number of nitrogens with one attached hydrogen (secondary N) is 3. The van der Waals surface area contributed by atoms with Gasteiger partial charge in [-0.05, 0) is 17.3 Å². The van der Waals surface area contributed by atoms with Crippen LogP contribution in [0.1, 0.15) is 10.4 Å². The fourth-order valence-corrected chi connectivity index (χ4v) is 1.53. The highest BCUT2D eigenvalue weighted by atomic mass is 16.6. The van der Waals surface area contributed by atoms with Crippen molar-refractivity contribution in [3.8, 4) is 0 Å². The molecular weight excluding hydrogens is 224 g/mol. The summed E-state index contributed by atoms with van der Waals surface area (Å²) in [6, 6.07) is 7.08. The Labute approximate surface area is 95.4 Å². The SMILES string of the molecule is O=C1OC(Nc2nn[nH]n2)Nc2ccccc21. The Bertz CT molecular complexity index is 540. The maximum atomic E-state index is 11.7. The van der Waals surface area contributed by atoms with Crippen LogP contribution < -0.4 is 10.6 Å². The van der Waals surface area contributed by atoms with Crippen LogP contribution in [-0.2, 0) is 4.74 Å². The summed E-state index contributed by atoms with van der Waals surface area (Å²) < 4.78 is 5.10. The summed E-state index contributed by atoms with van der Waals surface area (Å²) >= 11 is 0. The molecule has 2 heterocycles. The molecule has 8 heteroatoms. The van der Waals surface area contributed by atoms with E-state index in [1.54, 1.807) is 18.2 Å². The zero-order valence-corrected chi connectivity index (χ0v) is 8.54. The van der Waals surface area contributed by atoms with Crippen LogP contribution in [0.3, 0.4) is 0 Å². The molecule has 1 atom stereocenters. The van der Waals surface area contributed by atoms with Crippen molar-refractivity contribution in [2.24, 2.45) is 0 Å². The van der Waals surface area contributed by atoms with E-state index in [2.05, 4.69) is 31.3 Å². The van der Waals surface area contributed by atoms with Crippen LogP contribution in [0.2, 0.25) is 0 Å². The Kier molecular flexibility index (Phi) is 2.11. The number of tetrazole rings is 1. The zero-order chi connectivity index (χ0) is 11.7. The fraction of sp³-hybridized carbons (Fsp3) is 0.111. The summed E-state index contributed by atoms with van der Waals surface area (Å²) in [5, 5.41) is 18.8. The topological polar surface area (TPSA) is 105 Å². The van der Waals surface area contributed by atoms with Gasteiger partial charge in [0.1, 0.15) is 0 Å². The lowest BCUT2D eigenvalue weighted by Crippen LogP contribution is -2.38.